The van der Waals surface area contributed by atoms with Crippen LogP contribution in [0.1, 0.15) is 12.0 Å². The summed E-state index contributed by atoms with van der Waals surface area (Å²) in [7, 11) is 0. The molecule has 0 bridgehead atoms. The van der Waals surface area contributed by atoms with Gasteiger partial charge in [0.2, 0.25) is 0 Å². The van der Waals surface area contributed by atoms with Crippen LogP contribution in [0.25, 0.3) is 0 Å². The van der Waals surface area contributed by atoms with Crippen molar-refractivity contribution in [3.63, 3.8) is 0 Å². The molecule has 0 saturated heterocycles. The van der Waals surface area contributed by atoms with Crippen molar-refractivity contribution in [1.29, 1.82) is 0 Å². The lowest BCUT2D eigenvalue weighted by Gasteiger charge is -2.19. The molecular weight excluding hydrogens is 326 g/mol. The zero-order valence-electron chi connectivity index (χ0n) is 12.9. The topological polar surface area (TPSA) is 27.3 Å². The third-order valence-corrected chi connectivity index (χ3v) is 4.44. The van der Waals surface area contributed by atoms with Gasteiger partial charge >= 0.3 is 0 Å². The van der Waals surface area contributed by atoms with E-state index in [1.807, 2.05) is 24.3 Å². The lowest BCUT2D eigenvalue weighted by molar-refractivity contribution is 0.730. The number of anilines is 2. The number of thiocarbonyl (C=S) groups is 1. The van der Waals surface area contributed by atoms with Crippen LogP contribution in [0, 0.1) is 0 Å². The van der Waals surface area contributed by atoms with E-state index in [9.17, 15) is 0 Å². The summed E-state index contributed by atoms with van der Waals surface area (Å²) >= 11 is 11.3. The molecule has 0 atom stereocenters. The van der Waals surface area contributed by atoms with Gasteiger partial charge in [0, 0.05) is 36.0 Å². The highest BCUT2D eigenvalue weighted by molar-refractivity contribution is 7.80. The second kappa shape index (κ2) is 7.66. The summed E-state index contributed by atoms with van der Waals surface area (Å²) in [6, 6.07) is 16.2. The summed E-state index contributed by atoms with van der Waals surface area (Å²) in [6.07, 6.45) is 2.20. The van der Waals surface area contributed by atoms with Crippen molar-refractivity contribution in [2.75, 3.05) is 29.9 Å². The molecule has 1 aliphatic rings. The second-order valence-electron chi connectivity index (χ2n) is 5.61. The monoisotopic (exact) mass is 345 g/mol. The highest BCUT2D eigenvalue weighted by Gasteiger charge is 2.17. The molecule has 0 fully saturated rings. The molecule has 0 spiro atoms. The molecule has 0 unspecified atom stereocenters. The molecule has 0 aliphatic carbocycles. The van der Waals surface area contributed by atoms with Gasteiger partial charge in [-0.15, -0.1) is 0 Å². The molecule has 0 radical (unpaired) electrons. The maximum absolute atomic E-state index is 5.96. The number of benzene rings is 2. The Kier molecular flexibility index (Phi) is 5.36. The average molecular weight is 346 g/mol. The fraction of sp³-hybridized carbons (Fsp3) is 0.278. The van der Waals surface area contributed by atoms with E-state index < -0.39 is 0 Å². The number of nitrogens with one attached hydrogen (secondary N) is 2. The molecule has 2 N–H and O–H groups in total. The van der Waals surface area contributed by atoms with Crippen LogP contribution in [0.15, 0.2) is 48.5 Å². The number of fused-ring (bicyclic) bond motifs is 1. The van der Waals surface area contributed by atoms with Gasteiger partial charge in [0.1, 0.15) is 0 Å². The Bertz CT molecular complexity index is 689. The second-order valence-corrected chi connectivity index (χ2v) is 6.46. The van der Waals surface area contributed by atoms with E-state index in [1.54, 1.807) is 0 Å². The molecule has 3 rings (SSSR count). The van der Waals surface area contributed by atoms with Gasteiger partial charge in [0.05, 0.1) is 0 Å². The molecule has 2 aromatic carbocycles. The van der Waals surface area contributed by atoms with Crippen LogP contribution in [0.3, 0.4) is 0 Å². The predicted octanol–water partition coefficient (Wildman–Crippen LogP) is 4.08. The number of rotatable bonds is 5. The summed E-state index contributed by atoms with van der Waals surface area (Å²) in [5, 5.41) is 7.73. The van der Waals surface area contributed by atoms with E-state index in [1.165, 1.54) is 11.3 Å². The summed E-state index contributed by atoms with van der Waals surface area (Å²) in [5.41, 5.74) is 3.74. The van der Waals surface area contributed by atoms with Crippen LogP contribution in [0.5, 0.6) is 0 Å². The smallest absolute Gasteiger partial charge is 0.170 e. The van der Waals surface area contributed by atoms with E-state index in [0.717, 1.165) is 38.2 Å². The van der Waals surface area contributed by atoms with Crippen molar-refractivity contribution < 1.29 is 0 Å². The number of para-hydroxylation sites is 1. The normalized spacial score (nSPS) is 12.8. The molecule has 0 aromatic heterocycles. The summed E-state index contributed by atoms with van der Waals surface area (Å²) < 4.78 is 0. The largest absolute Gasteiger partial charge is 0.371 e. The Hall–Kier alpha value is -1.78. The first-order valence-electron chi connectivity index (χ1n) is 7.85. The molecule has 23 heavy (non-hydrogen) atoms. The van der Waals surface area contributed by atoms with Crippen LogP contribution in [-0.2, 0) is 6.42 Å². The van der Waals surface area contributed by atoms with Gasteiger partial charge in [-0.1, -0.05) is 35.9 Å². The third-order valence-electron chi connectivity index (χ3n) is 3.96. The van der Waals surface area contributed by atoms with E-state index in [0.29, 0.717) is 10.1 Å². The quantitative estimate of drug-likeness (QED) is 0.630. The van der Waals surface area contributed by atoms with Crippen molar-refractivity contribution in [1.82, 2.24) is 5.32 Å². The molecule has 2 aromatic rings. The van der Waals surface area contributed by atoms with Crippen LogP contribution in [-0.4, -0.2) is 24.7 Å². The van der Waals surface area contributed by atoms with Crippen molar-refractivity contribution in [3.05, 3.63) is 59.1 Å². The van der Waals surface area contributed by atoms with Gasteiger partial charge in [0.25, 0.3) is 0 Å². The fourth-order valence-electron chi connectivity index (χ4n) is 2.85. The zero-order chi connectivity index (χ0) is 16.1. The first-order valence-corrected chi connectivity index (χ1v) is 8.64. The third kappa shape index (κ3) is 4.36. The maximum Gasteiger partial charge on any atom is 0.170 e. The predicted molar refractivity (Wildman–Crippen MR) is 103 cm³/mol. The minimum absolute atomic E-state index is 0.633. The van der Waals surface area contributed by atoms with Crippen LogP contribution < -0.4 is 15.5 Å². The van der Waals surface area contributed by atoms with Crippen molar-refractivity contribution >= 4 is 40.3 Å². The lowest BCUT2D eigenvalue weighted by atomic mass is 10.2. The zero-order valence-corrected chi connectivity index (χ0v) is 14.5. The molecule has 1 heterocycles. The lowest BCUT2D eigenvalue weighted by Crippen LogP contribution is -2.32. The van der Waals surface area contributed by atoms with Gasteiger partial charge < -0.3 is 15.5 Å². The molecule has 3 nitrogen and oxygen atoms in total. The van der Waals surface area contributed by atoms with Crippen molar-refractivity contribution in [3.8, 4) is 0 Å². The number of nitrogens with zero attached hydrogens (tertiary/aromatic N) is 1. The molecule has 1 aliphatic heterocycles. The minimum atomic E-state index is 0.633. The number of halogens is 1. The van der Waals surface area contributed by atoms with Crippen LogP contribution in [0.4, 0.5) is 11.4 Å². The Morgan fingerprint density at radius 3 is 2.91 bits per heavy atom. The summed E-state index contributed by atoms with van der Waals surface area (Å²) in [5.74, 6) is 0. The van der Waals surface area contributed by atoms with Gasteiger partial charge in [-0.25, -0.2) is 0 Å². The number of hydrogen-bond acceptors (Lipinski definition) is 2. The fourth-order valence-corrected chi connectivity index (χ4v) is 3.26. The molecule has 0 amide bonds. The average Bonchev–Trinajstić information content (AvgIpc) is 2.95. The molecule has 0 saturated carbocycles. The standard InChI is InChI=1S/C18H20ClN3S/c19-15-6-3-7-16(13-15)21-18(23)20-10-4-11-22-12-9-14-5-1-2-8-17(14)22/h1-3,5-8,13H,4,9-12H2,(H2,20,21,23). The summed E-state index contributed by atoms with van der Waals surface area (Å²) in [6.45, 7) is 3.01. The maximum atomic E-state index is 5.96. The Morgan fingerprint density at radius 1 is 1.17 bits per heavy atom. The van der Waals surface area contributed by atoms with E-state index in [2.05, 4.69) is 39.8 Å². The SMILES string of the molecule is S=C(NCCCN1CCc2ccccc21)Nc1cccc(Cl)c1. The molecule has 5 heteroatoms. The van der Waals surface area contributed by atoms with E-state index in [4.69, 9.17) is 23.8 Å². The van der Waals surface area contributed by atoms with Gasteiger partial charge in [-0.3, -0.25) is 0 Å². The Morgan fingerprint density at radius 2 is 2.04 bits per heavy atom. The van der Waals surface area contributed by atoms with Crippen LogP contribution >= 0.6 is 23.8 Å². The first-order chi connectivity index (χ1) is 11.2. The molecular formula is C18H20ClN3S. The Balaban J connectivity index is 1.40. The van der Waals surface area contributed by atoms with Gasteiger partial charge in [0.15, 0.2) is 5.11 Å². The van der Waals surface area contributed by atoms with Crippen molar-refractivity contribution in [2.45, 2.75) is 12.8 Å². The van der Waals surface area contributed by atoms with Gasteiger partial charge in [-0.2, -0.15) is 0 Å². The van der Waals surface area contributed by atoms with E-state index in [-0.39, 0.29) is 0 Å². The van der Waals surface area contributed by atoms with E-state index >= 15 is 0 Å². The number of hydrogen-bond donors (Lipinski definition) is 2. The van der Waals surface area contributed by atoms with Crippen molar-refractivity contribution in [2.24, 2.45) is 0 Å². The van der Waals surface area contributed by atoms with Gasteiger partial charge in [-0.05, 0) is 54.9 Å². The summed E-state index contributed by atoms with van der Waals surface area (Å²) in [4.78, 5) is 2.45. The highest BCUT2D eigenvalue weighted by Crippen LogP contribution is 2.27. The van der Waals surface area contributed by atoms with Crippen LogP contribution in [0.2, 0.25) is 5.02 Å². The minimum Gasteiger partial charge on any atom is -0.371 e. The Labute approximate surface area is 147 Å². The highest BCUT2D eigenvalue weighted by atomic mass is 35.5. The molecule has 120 valence electrons. The first kappa shape index (κ1) is 16.1.